The van der Waals surface area contributed by atoms with Crippen LogP contribution >= 0.6 is 0 Å². The normalized spacial score (nSPS) is 12.8. The van der Waals surface area contributed by atoms with Crippen LogP contribution in [0.15, 0.2) is 22.6 Å². The smallest absolute Gasteiger partial charge is 0.241 e. The van der Waals surface area contributed by atoms with E-state index in [1.165, 1.54) is 0 Å². The minimum absolute atomic E-state index is 0.168. The fourth-order valence-corrected chi connectivity index (χ4v) is 1.95. The Labute approximate surface area is 118 Å². The van der Waals surface area contributed by atoms with Gasteiger partial charge in [0.15, 0.2) is 11.5 Å². The molecule has 2 aromatic rings. The average Bonchev–Trinajstić information content (AvgIpc) is 2.82. The fraction of sp³-hybridized carbons (Fsp3) is 0.467. The number of nitrogens with two attached hydrogens (primary N) is 1. The van der Waals surface area contributed by atoms with Gasteiger partial charge in [-0.25, -0.2) is 4.98 Å². The molecule has 108 valence electrons. The molecule has 20 heavy (non-hydrogen) atoms. The lowest BCUT2D eigenvalue weighted by atomic mass is 10.1. The first-order valence-electron chi connectivity index (χ1n) is 6.98. The first-order chi connectivity index (χ1) is 9.51. The molecular weight excluding hydrogens is 254 g/mol. The summed E-state index contributed by atoms with van der Waals surface area (Å²) >= 11 is 0. The monoisotopic (exact) mass is 275 g/mol. The van der Waals surface area contributed by atoms with E-state index in [2.05, 4.69) is 10.3 Å². The van der Waals surface area contributed by atoms with Crippen LogP contribution in [0.1, 0.15) is 45.4 Å². The van der Waals surface area contributed by atoms with Crippen molar-refractivity contribution in [2.24, 2.45) is 5.73 Å². The van der Waals surface area contributed by atoms with Gasteiger partial charge in [-0.2, -0.15) is 0 Å². The van der Waals surface area contributed by atoms with E-state index in [4.69, 9.17) is 10.2 Å². The van der Waals surface area contributed by atoms with Gasteiger partial charge in [-0.3, -0.25) is 4.79 Å². The highest BCUT2D eigenvalue weighted by Crippen LogP contribution is 2.23. The SMILES string of the molecule is CCCC(N)C(=O)Nc1ccc2oc(C(C)C)nc2c1. The summed E-state index contributed by atoms with van der Waals surface area (Å²) in [5.41, 5.74) is 7.95. The second kappa shape index (κ2) is 6.05. The first-order valence-corrected chi connectivity index (χ1v) is 6.98. The zero-order valence-electron chi connectivity index (χ0n) is 12.1. The summed E-state index contributed by atoms with van der Waals surface area (Å²) in [4.78, 5) is 16.3. The molecule has 1 heterocycles. The Kier molecular flexibility index (Phi) is 4.39. The molecule has 1 amide bonds. The quantitative estimate of drug-likeness (QED) is 0.878. The molecule has 5 nitrogen and oxygen atoms in total. The van der Waals surface area contributed by atoms with Gasteiger partial charge in [-0.15, -0.1) is 0 Å². The lowest BCUT2D eigenvalue weighted by molar-refractivity contribution is -0.117. The van der Waals surface area contributed by atoms with Gasteiger partial charge in [0.25, 0.3) is 0 Å². The largest absolute Gasteiger partial charge is 0.440 e. The van der Waals surface area contributed by atoms with E-state index >= 15 is 0 Å². The van der Waals surface area contributed by atoms with E-state index in [1.54, 1.807) is 12.1 Å². The zero-order valence-corrected chi connectivity index (χ0v) is 12.1. The van der Waals surface area contributed by atoms with E-state index in [0.717, 1.165) is 17.5 Å². The highest BCUT2D eigenvalue weighted by Gasteiger charge is 2.14. The summed E-state index contributed by atoms with van der Waals surface area (Å²) in [5, 5.41) is 2.81. The second-order valence-electron chi connectivity index (χ2n) is 5.27. The second-order valence-corrected chi connectivity index (χ2v) is 5.27. The molecular formula is C15H21N3O2. The summed E-state index contributed by atoms with van der Waals surface area (Å²) in [5.74, 6) is 0.767. The minimum atomic E-state index is -0.473. The third-order valence-corrected chi connectivity index (χ3v) is 3.10. The Morgan fingerprint density at radius 2 is 2.20 bits per heavy atom. The highest BCUT2D eigenvalue weighted by atomic mass is 16.3. The van der Waals surface area contributed by atoms with Crippen molar-refractivity contribution < 1.29 is 9.21 Å². The van der Waals surface area contributed by atoms with Gasteiger partial charge in [-0.1, -0.05) is 27.2 Å². The summed E-state index contributed by atoms with van der Waals surface area (Å²) < 4.78 is 5.63. The Bertz CT molecular complexity index is 604. The van der Waals surface area contributed by atoms with Crippen LogP contribution in [0.2, 0.25) is 0 Å². The molecule has 0 saturated carbocycles. The highest BCUT2D eigenvalue weighted by molar-refractivity contribution is 5.96. The predicted molar refractivity (Wildman–Crippen MR) is 79.6 cm³/mol. The number of rotatable bonds is 5. The molecule has 0 bridgehead atoms. The summed E-state index contributed by atoms with van der Waals surface area (Å²) in [6, 6.07) is 4.95. The summed E-state index contributed by atoms with van der Waals surface area (Å²) in [6.07, 6.45) is 1.56. The van der Waals surface area contributed by atoms with Crippen LogP contribution in [0, 0.1) is 0 Å². The first kappa shape index (κ1) is 14.5. The number of oxazole rings is 1. The number of anilines is 1. The Morgan fingerprint density at radius 1 is 1.45 bits per heavy atom. The third-order valence-electron chi connectivity index (χ3n) is 3.10. The molecule has 1 unspecified atom stereocenters. The van der Waals surface area contributed by atoms with E-state index in [-0.39, 0.29) is 11.8 Å². The molecule has 5 heteroatoms. The molecule has 1 aromatic heterocycles. The average molecular weight is 275 g/mol. The predicted octanol–water partition coefficient (Wildman–Crippen LogP) is 3.02. The van der Waals surface area contributed by atoms with E-state index in [9.17, 15) is 4.79 Å². The fourth-order valence-electron chi connectivity index (χ4n) is 1.95. The summed E-state index contributed by atoms with van der Waals surface area (Å²) in [6.45, 7) is 6.05. The lowest BCUT2D eigenvalue weighted by Crippen LogP contribution is -2.35. The molecule has 0 aliphatic rings. The molecule has 1 aromatic carbocycles. The topological polar surface area (TPSA) is 81.2 Å². The van der Waals surface area contributed by atoms with Crippen molar-refractivity contribution in [3.63, 3.8) is 0 Å². The van der Waals surface area contributed by atoms with Crippen molar-refractivity contribution in [1.82, 2.24) is 4.98 Å². The molecule has 3 N–H and O–H groups in total. The molecule has 0 radical (unpaired) electrons. The Balaban J connectivity index is 2.17. The maximum absolute atomic E-state index is 11.9. The minimum Gasteiger partial charge on any atom is -0.440 e. The van der Waals surface area contributed by atoms with Crippen molar-refractivity contribution in [3.05, 3.63) is 24.1 Å². The van der Waals surface area contributed by atoms with Crippen LogP contribution in [0.5, 0.6) is 0 Å². The van der Waals surface area contributed by atoms with Gasteiger partial charge in [0.1, 0.15) is 5.52 Å². The van der Waals surface area contributed by atoms with E-state index in [1.807, 2.05) is 26.8 Å². The maximum Gasteiger partial charge on any atom is 0.241 e. The molecule has 0 saturated heterocycles. The van der Waals surface area contributed by atoms with E-state index < -0.39 is 6.04 Å². The van der Waals surface area contributed by atoms with Gasteiger partial charge in [-0.05, 0) is 24.6 Å². The number of nitrogens with one attached hydrogen (secondary N) is 1. The van der Waals surface area contributed by atoms with Gasteiger partial charge in [0.2, 0.25) is 5.91 Å². The van der Waals surface area contributed by atoms with Crippen LogP contribution in [0.3, 0.4) is 0 Å². The van der Waals surface area contributed by atoms with Gasteiger partial charge < -0.3 is 15.5 Å². The van der Waals surface area contributed by atoms with Gasteiger partial charge in [0, 0.05) is 11.6 Å². The van der Waals surface area contributed by atoms with Crippen LogP contribution in [-0.4, -0.2) is 16.9 Å². The number of fused-ring (bicyclic) bond motifs is 1. The number of carbonyl (C=O) groups is 1. The number of benzene rings is 1. The Hall–Kier alpha value is -1.88. The molecule has 1 atom stereocenters. The molecule has 0 aliphatic carbocycles. The number of hydrogen-bond donors (Lipinski definition) is 2. The van der Waals surface area contributed by atoms with Crippen LogP contribution in [0.4, 0.5) is 5.69 Å². The number of aromatic nitrogens is 1. The van der Waals surface area contributed by atoms with E-state index in [0.29, 0.717) is 18.0 Å². The lowest BCUT2D eigenvalue weighted by Gasteiger charge is -2.10. The number of carbonyl (C=O) groups excluding carboxylic acids is 1. The summed E-state index contributed by atoms with van der Waals surface area (Å²) in [7, 11) is 0. The Morgan fingerprint density at radius 3 is 2.85 bits per heavy atom. The van der Waals surface area contributed by atoms with Crippen molar-refractivity contribution in [3.8, 4) is 0 Å². The van der Waals surface area contributed by atoms with Crippen LogP contribution < -0.4 is 11.1 Å². The molecule has 0 aliphatic heterocycles. The number of amides is 1. The maximum atomic E-state index is 11.9. The zero-order chi connectivity index (χ0) is 14.7. The van der Waals surface area contributed by atoms with Crippen molar-refractivity contribution in [2.45, 2.75) is 45.6 Å². The molecule has 0 spiro atoms. The van der Waals surface area contributed by atoms with Gasteiger partial charge in [0.05, 0.1) is 6.04 Å². The molecule has 0 fully saturated rings. The third kappa shape index (κ3) is 3.17. The van der Waals surface area contributed by atoms with Crippen molar-refractivity contribution >= 4 is 22.7 Å². The molecule has 2 rings (SSSR count). The standard InChI is InChI=1S/C15H21N3O2/c1-4-5-11(16)14(19)17-10-6-7-13-12(8-10)18-15(20-13)9(2)3/h6-9,11H,4-5,16H2,1-3H3,(H,17,19). The van der Waals surface area contributed by atoms with Crippen molar-refractivity contribution in [2.75, 3.05) is 5.32 Å². The van der Waals surface area contributed by atoms with Gasteiger partial charge >= 0.3 is 0 Å². The van der Waals surface area contributed by atoms with Crippen LogP contribution in [0.25, 0.3) is 11.1 Å². The number of hydrogen-bond acceptors (Lipinski definition) is 4. The van der Waals surface area contributed by atoms with Crippen molar-refractivity contribution in [1.29, 1.82) is 0 Å². The van der Waals surface area contributed by atoms with Crippen LogP contribution in [-0.2, 0) is 4.79 Å². The number of nitrogens with zero attached hydrogens (tertiary/aromatic N) is 1.